The standard InChI is InChI=1S/C27H27N3O2/c1-27(22-14-7-3-8-15-22,23-16-9-4-10-17-23)20-28-24(31)18-11-19-25-29-26(30-32-25)21-12-5-2-6-13-21/h2-10,12-17H,11,18-20H2,1H3,(H,28,31). The van der Waals surface area contributed by atoms with Crippen LogP contribution in [0, 0.1) is 0 Å². The Morgan fingerprint density at radius 1 is 0.875 bits per heavy atom. The van der Waals surface area contributed by atoms with E-state index in [9.17, 15) is 4.79 Å². The Balaban J connectivity index is 1.33. The van der Waals surface area contributed by atoms with E-state index >= 15 is 0 Å². The highest BCUT2D eigenvalue weighted by atomic mass is 16.5. The quantitative estimate of drug-likeness (QED) is 0.401. The molecule has 4 rings (SSSR count). The molecule has 4 aromatic rings. The minimum absolute atomic E-state index is 0.0193. The van der Waals surface area contributed by atoms with Crippen LogP contribution in [-0.4, -0.2) is 22.6 Å². The number of carbonyl (C=O) groups excluding carboxylic acids is 1. The van der Waals surface area contributed by atoms with E-state index in [0.717, 1.165) is 5.56 Å². The molecule has 3 aromatic carbocycles. The summed E-state index contributed by atoms with van der Waals surface area (Å²) in [7, 11) is 0. The Bertz CT molecular complexity index is 1090. The third kappa shape index (κ3) is 5.11. The number of amides is 1. The van der Waals surface area contributed by atoms with Gasteiger partial charge in [0.15, 0.2) is 0 Å². The highest BCUT2D eigenvalue weighted by Crippen LogP contribution is 2.31. The van der Waals surface area contributed by atoms with Crippen LogP contribution in [0.25, 0.3) is 11.4 Å². The molecule has 0 saturated carbocycles. The third-order valence-electron chi connectivity index (χ3n) is 5.76. The summed E-state index contributed by atoms with van der Waals surface area (Å²) in [6.45, 7) is 2.69. The van der Waals surface area contributed by atoms with Crippen LogP contribution in [0.3, 0.4) is 0 Å². The number of benzene rings is 3. The predicted octanol–water partition coefficient (Wildman–Crippen LogP) is 5.18. The van der Waals surface area contributed by atoms with Crippen molar-refractivity contribution >= 4 is 5.91 Å². The molecule has 0 aliphatic heterocycles. The van der Waals surface area contributed by atoms with Crippen molar-refractivity contribution in [2.24, 2.45) is 0 Å². The third-order valence-corrected chi connectivity index (χ3v) is 5.76. The highest BCUT2D eigenvalue weighted by molar-refractivity contribution is 5.76. The van der Waals surface area contributed by atoms with Gasteiger partial charge in [0.2, 0.25) is 17.6 Å². The molecular formula is C27H27N3O2. The summed E-state index contributed by atoms with van der Waals surface area (Å²) < 4.78 is 5.34. The molecule has 162 valence electrons. The van der Waals surface area contributed by atoms with Gasteiger partial charge in [-0.25, -0.2) is 0 Å². The smallest absolute Gasteiger partial charge is 0.226 e. The van der Waals surface area contributed by atoms with Crippen molar-refractivity contribution in [1.82, 2.24) is 15.5 Å². The molecule has 0 atom stereocenters. The van der Waals surface area contributed by atoms with E-state index in [1.165, 1.54) is 11.1 Å². The zero-order valence-electron chi connectivity index (χ0n) is 18.2. The molecular weight excluding hydrogens is 398 g/mol. The summed E-state index contributed by atoms with van der Waals surface area (Å²) in [5.41, 5.74) is 2.95. The van der Waals surface area contributed by atoms with Crippen LogP contribution in [0.5, 0.6) is 0 Å². The summed E-state index contributed by atoms with van der Waals surface area (Å²) >= 11 is 0. The van der Waals surface area contributed by atoms with Crippen LogP contribution >= 0.6 is 0 Å². The van der Waals surface area contributed by atoms with Crippen molar-refractivity contribution in [2.75, 3.05) is 6.54 Å². The zero-order valence-corrected chi connectivity index (χ0v) is 18.2. The average Bonchev–Trinajstić information content (AvgIpc) is 3.33. The molecule has 0 radical (unpaired) electrons. The van der Waals surface area contributed by atoms with Gasteiger partial charge in [-0.2, -0.15) is 4.98 Å². The molecule has 1 amide bonds. The van der Waals surface area contributed by atoms with Gasteiger partial charge in [0, 0.05) is 30.4 Å². The Morgan fingerprint density at radius 3 is 2.03 bits per heavy atom. The summed E-state index contributed by atoms with van der Waals surface area (Å²) in [6.07, 6.45) is 1.63. The number of carbonyl (C=O) groups is 1. The largest absolute Gasteiger partial charge is 0.355 e. The Morgan fingerprint density at radius 2 is 1.44 bits per heavy atom. The lowest BCUT2D eigenvalue weighted by atomic mass is 9.76. The molecule has 0 bridgehead atoms. The van der Waals surface area contributed by atoms with Gasteiger partial charge in [0.05, 0.1) is 0 Å². The zero-order chi connectivity index (χ0) is 22.2. The van der Waals surface area contributed by atoms with Crippen molar-refractivity contribution in [3.8, 4) is 11.4 Å². The number of nitrogens with one attached hydrogen (secondary N) is 1. The van der Waals surface area contributed by atoms with Crippen LogP contribution < -0.4 is 5.32 Å². The summed E-state index contributed by atoms with van der Waals surface area (Å²) in [4.78, 5) is 17.0. The van der Waals surface area contributed by atoms with Crippen molar-refractivity contribution in [2.45, 2.75) is 31.6 Å². The molecule has 0 spiro atoms. The van der Waals surface area contributed by atoms with Gasteiger partial charge in [-0.15, -0.1) is 0 Å². The van der Waals surface area contributed by atoms with Crippen LogP contribution in [0.4, 0.5) is 0 Å². The van der Waals surface area contributed by atoms with E-state index in [1.807, 2.05) is 66.7 Å². The van der Waals surface area contributed by atoms with Gasteiger partial charge in [0.1, 0.15) is 0 Å². The second-order valence-corrected chi connectivity index (χ2v) is 8.07. The molecule has 1 aromatic heterocycles. The van der Waals surface area contributed by atoms with Gasteiger partial charge >= 0.3 is 0 Å². The van der Waals surface area contributed by atoms with Crippen LogP contribution in [0.2, 0.25) is 0 Å². The average molecular weight is 426 g/mol. The summed E-state index contributed by atoms with van der Waals surface area (Å²) in [6, 6.07) is 30.3. The number of aryl methyl sites for hydroxylation is 1. The first-order valence-electron chi connectivity index (χ1n) is 10.9. The van der Waals surface area contributed by atoms with E-state index < -0.39 is 0 Å². The van der Waals surface area contributed by atoms with Gasteiger partial charge in [-0.1, -0.05) is 96.2 Å². The van der Waals surface area contributed by atoms with E-state index in [4.69, 9.17) is 4.52 Å². The highest BCUT2D eigenvalue weighted by Gasteiger charge is 2.29. The van der Waals surface area contributed by atoms with E-state index in [2.05, 4.69) is 46.6 Å². The lowest BCUT2D eigenvalue weighted by molar-refractivity contribution is -0.121. The van der Waals surface area contributed by atoms with Crippen molar-refractivity contribution in [1.29, 1.82) is 0 Å². The number of hydrogen-bond acceptors (Lipinski definition) is 4. The molecule has 1 heterocycles. The SMILES string of the molecule is CC(CNC(=O)CCCc1nc(-c2ccccc2)no1)(c1ccccc1)c1ccccc1. The number of rotatable bonds is 9. The first-order valence-corrected chi connectivity index (χ1v) is 10.9. The lowest BCUT2D eigenvalue weighted by Crippen LogP contribution is -2.39. The van der Waals surface area contributed by atoms with Crippen molar-refractivity contribution in [3.05, 3.63) is 108 Å². The fourth-order valence-corrected chi connectivity index (χ4v) is 3.81. The molecule has 5 nitrogen and oxygen atoms in total. The normalized spacial score (nSPS) is 11.3. The second kappa shape index (κ2) is 10.1. The van der Waals surface area contributed by atoms with Crippen molar-refractivity contribution < 1.29 is 9.32 Å². The Kier molecular flexibility index (Phi) is 6.75. The molecule has 0 fully saturated rings. The van der Waals surface area contributed by atoms with Gasteiger partial charge in [0.25, 0.3) is 0 Å². The van der Waals surface area contributed by atoms with Gasteiger partial charge < -0.3 is 9.84 Å². The van der Waals surface area contributed by atoms with E-state index in [0.29, 0.717) is 37.5 Å². The monoisotopic (exact) mass is 425 g/mol. The molecule has 0 unspecified atom stereocenters. The maximum absolute atomic E-state index is 12.6. The van der Waals surface area contributed by atoms with Gasteiger partial charge in [-0.3, -0.25) is 4.79 Å². The number of hydrogen-bond donors (Lipinski definition) is 1. The number of nitrogens with zero attached hydrogens (tertiary/aromatic N) is 2. The minimum Gasteiger partial charge on any atom is -0.355 e. The number of aromatic nitrogens is 2. The minimum atomic E-state index is -0.310. The molecule has 0 aliphatic rings. The van der Waals surface area contributed by atoms with Gasteiger partial charge in [-0.05, 0) is 24.5 Å². The van der Waals surface area contributed by atoms with E-state index in [1.54, 1.807) is 0 Å². The fourth-order valence-electron chi connectivity index (χ4n) is 3.81. The fraction of sp³-hybridized carbons (Fsp3) is 0.222. The van der Waals surface area contributed by atoms with Crippen LogP contribution in [0.1, 0.15) is 36.8 Å². The summed E-state index contributed by atoms with van der Waals surface area (Å²) in [5, 5.41) is 7.17. The maximum atomic E-state index is 12.6. The Hall–Kier alpha value is -3.73. The molecule has 5 heteroatoms. The van der Waals surface area contributed by atoms with E-state index in [-0.39, 0.29) is 11.3 Å². The predicted molar refractivity (Wildman–Crippen MR) is 125 cm³/mol. The Labute approximate surface area is 188 Å². The molecule has 0 aliphatic carbocycles. The van der Waals surface area contributed by atoms with Crippen molar-refractivity contribution in [3.63, 3.8) is 0 Å². The van der Waals surface area contributed by atoms with Crippen LogP contribution in [-0.2, 0) is 16.6 Å². The topological polar surface area (TPSA) is 68.0 Å². The summed E-state index contributed by atoms with van der Waals surface area (Å²) in [5.74, 6) is 1.15. The first-order chi connectivity index (χ1) is 15.6. The molecule has 0 saturated heterocycles. The maximum Gasteiger partial charge on any atom is 0.226 e. The van der Waals surface area contributed by atoms with Crippen LogP contribution in [0.15, 0.2) is 95.5 Å². The lowest BCUT2D eigenvalue weighted by Gasteiger charge is -2.31. The molecule has 32 heavy (non-hydrogen) atoms. The first kappa shape index (κ1) is 21.5. The second-order valence-electron chi connectivity index (χ2n) is 8.07. The molecule has 1 N–H and O–H groups in total.